The predicted octanol–water partition coefficient (Wildman–Crippen LogP) is 2.56. The van der Waals surface area contributed by atoms with Crippen molar-refractivity contribution in [3.63, 3.8) is 0 Å². The molecule has 104 valence electrons. The Hall–Kier alpha value is -1.19. The van der Waals surface area contributed by atoms with Gasteiger partial charge in [-0.3, -0.25) is 4.79 Å². The molecule has 0 saturated carbocycles. The fourth-order valence-corrected chi connectivity index (χ4v) is 2.86. The van der Waals surface area contributed by atoms with E-state index in [1.165, 1.54) is 5.56 Å². The number of ether oxygens (including phenoxy) is 1. The van der Waals surface area contributed by atoms with Crippen LogP contribution in [0, 0.1) is 20.8 Å². The Kier molecular flexibility index (Phi) is 4.72. The van der Waals surface area contributed by atoms with Gasteiger partial charge in [0, 0.05) is 18.7 Å². The summed E-state index contributed by atoms with van der Waals surface area (Å²) in [5, 5.41) is 3.22. The van der Waals surface area contributed by atoms with E-state index in [0.717, 1.165) is 42.7 Å². The zero-order valence-corrected chi connectivity index (χ0v) is 12.1. The minimum absolute atomic E-state index is 0.174. The van der Waals surface area contributed by atoms with Gasteiger partial charge in [0.05, 0.1) is 12.6 Å². The SMILES string of the molecule is Cc1cc(C)c(C(=O)CNCC2CCCO2)c(C)c1. The molecule has 0 bridgehead atoms. The van der Waals surface area contributed by atoms with E-state index in [2.05, 4.69) is 24.4 Å². The van der Waals surface area contributed by atoms with Crippen molar-refractivity contribution in [1.82, 2.24) is 5.32 Å². The van der Waals surface area contributed by atoms with Crippen LogP contribution in [0.3, 0.4) is 0 Å². The third kappa shape index (κ3) is 3.64. The van der Waals surface area contributed by atoms with Gasteiger partial charge in [-0.2, -0.15) is 0 Å². The van der Waals surface area contributed by atoms with Crippen molar-refractivity contribution in [2.75, 3.05) is 19.7 Å². The fourth-order valence-electron chi connectivity index (χ4n) is 2.86. The van der Waals surface area contributed by atoms with E-state index in [1.807, 2.05) is 13.8 Å². The Labute approximate surface area is 115 Å². The Morgan fingerprint density at radius 1 is 1.32 bits per heavy atom. The molecule has 1 aliphatic heterocycles. The van der Waals surface area contributed by atoms with E-state index >= 15 is 0 Å². The fraction of sp³-hybridized carbons (Fsp3) is 0.562. The summed E-state index contributed by atoms with van der Waals surface area (Å²) in [5.74, 6) is 0.174. The molecular formula is C16H23NO2. The normalized spacial score (nSPS) is 18.8. The maximum Gasteiger partial charge on any atom is 0.177 e. The summed E-state index contributed by atoms with van der Waals surface area (Å²) in [6.07, 6.45) is 2.52. The average Bonchev–Trinajstić information content (AvgIpc) is 2.80. The van der Waals surface area contributed by atoms with Gasteiger partial charge in [-0.25, -0.2) is 0 Å². The summed E-state index contributed by atoms with van der Waals surface area (Å²) in [5.41, 5.74) is 4.21. The number of hydrogen-bond acceptors (Lipinski definition) is 3. The number of carbonyl (C=O) groups is 1. The molecule has 1 aromatic carbocycles. The Bertz CT molecular complexity index is 439. The lowest BCUT2D eigenvalue weighted by atomic mass is 9.96. The summed E-state index contributed by atoms with van der Waals surface area (Å²) >= 11 is 0. The van der Waals surface area contributed by atoms with E-state index in [-0.39, 0.29) is 11.9 Å². The van der Waals surface area contributed by atoms with Gasteiger partial charge in [0.25, 0.3) is 0 Å². The zero-order chi connectivity index (χ0) is 13.8. The van der Waals surface area contributed by atoms with Crippen LogP contribution >= 0.6 is 0 Å². The lowest BCUT2D eigenvalue weighted by Crippen LogP contribution is -2.31. The number of Topliss-reactive ketones (excluding diaryl/α,β-unsaturated/α-hetero) is 1. The van der Waals surface area contributed by atoms with Gasteiger partial charge >= 0.3 is 0 Å². The Morgan fingerprint density at radius 3 is 2.58 bits per heavy atom. The molecule has 1 aromatic rings. The number of ketones is 1. The third-order valence-corrected chi connectivity index (χ3v) is 3.64. The van der Waals surface area contributed by atoms with Crippen LogP contribution in [0.5, 0.6) is 0 Å². The first-order chi connectivity index (χ1) is 9.08. The van der Waals surface area contributed by atoms with Crippen LogP contribution in [0.1, 0.15) is 39.9 Å². The van der Waals surface area contributed by atoms with Crippen molar-refractivity contribution in [1.29, 1.82) is 0 Å². The molecule has 0 amide bonds. The second kappa shape index (κ2) is 6.31. The Morgan fingerprint density at radius 2 is 2.00 bits per heavy atom. The standard InChI is InChI=1S/C16H23NO2/c1-11-7-12(2)16(13(3)8-11)15(18)10-17-9-14-5-4-6-19-14/h7-8,14,17H,4-6,9-10H2,1-3H3. The van der Waals surface area contributed by atoms with E-state index in [1.54, 1.807) is 0 Å². The van der Waals surface area contributed by atoms with Crippen LogP contribution in [0.2, 0.25) is 0 Å². The quantitative estimate of drug-likeness (QED) is 0.828. The van der Waals surface area contributed by atoms with Crippen molar-refractivity contribution in [3.05, 3.63) is 34.4 Å². The summed E-state index contributed by atoms with van der Waals surface area (Å²) in [6.45, 7) is 8.10. The maximum atomic E-state index is 12.3. The molecule has 2 rings (SSSR count). The lowest BCUT2D eigenvalue weighted by molar-refractivity contribution is 0.0954. The zero-order valence-electron chi connectivity index (χ0n) is 12.1. The number of hydrogen-bond donors (Lipinski definition) is 1. The highest BCUT2D eigenvalue weighted by Gasteiger charge is 2.16. The number of carbonyl (C=O) groups excluding carboxylic acids is 1. The van der Waals surface area contributed by atoms with Gasteiger partial charge in [0.2, 0.25) is 0 Å². The highest BCUT2D eigenvalue weighted by atomic mass is 16.5. The van der Waals surface area contributed by atoms with Crippen LogP contribution < -0.4 is 5.32 Å². The first-order valence-electron chi connectivity index (χ1n) is 7.01. The van der Waals surface area contributed by atoms with Gasteiger partial charge in [0.1, 0.15) is 0 Å². The van der Waals surface area contributed by atoms with Crippen molar-refractivity contribution in [2.45, 2.75) is 39.7 Å². The van der Waals surface area contributed by atoms with Crippen molar-refractivity contribution < 1.29 is 9.53 Å². The minimum Gasteiger partial charge on any atom is -0.377 e. The van der Waals surface area contributed by atoms with Crippen LogP contribution in [-0.2, 0) is 4.74 Å². The highest BCUT2D eigenvalue weighted by Crippen LogP contribution is 2.17. The molecule has 1 saturated heterocycles. The van der Waals surface area contributed by atoms with E-state index < -0.39 is 0 Å². The second-order valence-corrected chi connectivity index (χ2v) is 5.46. The van der Waals surface area contributed by atoms with Gasteiger partial charge in [-0.05, 0) is 44.7 Å². The van der Waals surface area contributed by atoms with Crippen molar-refractivity contribution in [2.24, 2.45) is 0 Å². The molecule has 1 heterocycles. The molecule has 1 fully saturated rings. The number of rotatable bonds is 5. The lowest BCUT2D eigenvalue weighted by Gasteiger charge is -2.13. The highest BCUT2D eigenvalue weighted by molar-refractivity contribution is 6.00. The molecule has 1 unspecified atom stereocenters. The predicted molar refractivity (Wildman–Crippen MR) is 76.8 cm³/mol. The molecule has 0 spiro atoms. The number of nitrogens with one attached hydrogen (secondary N) is 1. The Balaban J connectivity index is 1.92. The summed E-state index contributed by atoms with van der Waals surface area (Å²) < 4.78 is 5.53. The molecule has 3 nitrogen and oxygen atoms in total. The maximum absolute atomic E-state index is 12.3. The summed E-state index contributed by atoms with van der Waals surface area (Å²) in [6, 6.07) is 4.14. The van der Waals surface area contributed by atoms with Gasteiger partial charge in [-0.1, -0.05) is 17.7 Å². The molecule has 1 atom stereocenters. The first-order valence-corrected chi connectivity index (χ1v) is 7.01. The largest absolute Gasteiger partial charge is 0.377 e. The molecule has 0 radical (unpaired) electrons. The smallest absolute Gasteiger partial charge is 0.177 e. The molecule has 19 heavy (non-hydrogen) atoms. The molecule has 1 aliphatic rings. The van der Waals surface area contributed by atoms with E-state index in [4.69, 9.17) is 4.74 Å². The van der Waals surface area contributed by atoms with Gasteiger partial charge < -0.3 is 10.1 Å². The monoisotopic (exact) mass is 261 g/mol. The van der Waals surface area contributed by atoms with Crippen molar-refractivity contribution >= 4 is 5.78 Å². The molecule has 3 heteroatoms. The molecule has 0 aromatic heterocycles. The van der Waals surface area contributed by atoms with E-state index in [0.29, 0.717) is 6.54 Å². The summed E-state index contributed by atoms with van der Waals surface area (Å²) in [4.78, 5) is 12.3. The topological polar surface area (TPSA) is 38.3 Å². The first kappa shape index (κ1) is 14.2. The van der Waals surface area contributed by atoms with Crippen LogP contribution in [-0.4, -0.2) is 31.6 Å². The van der Waals surface area contributed by atoms with Crippen LogP contribution in [0.4, 0.5) is 0 Å². The van der Waals surface area contributed by atoms with Gasteiger partial charge in [0.15, 0.2) is 5.78 Å². The van der Waals surface area contributed by atoms with Crippen LogP contribution in [0.15, 0.2) is 12.1 Å². The number of benzene rings is 1. The van der Waals surface area contributed by atoms with Gasteiger partial charge in [-0.15, -0.1) is 0 Å². The molecular weight excluding hydrogens is 238 g/mol. The van der Waals surface area contributed by atoms with E-state index in [9.17, 15) is 4.79 Å². The summed E-state index contributed by atoms with van der Waals surface area (Å²) in [7, 11) is 0. The molecule has 1 N–H and O–H groups in total. The third-order valence-electron chi connectivity index (χ3n) is 3.64. The van der Waals surface area contributed by atoms with Crippen LogP contribution in [0.25, 0.3) is 0 Å². The number of aryl methyl sites for hydroxylation is 3. The second-order valence-electron chi connectivity index (χ2n) is 5.46. The molecule has 0 aliphatic carbocycles. The average molecular weight is 261 g/mol. The van der Waals surface area contributed by atoms with Crippen molar-refractivity contribution in [3.8, 4) is 0 Å². The minimum atomic E-state index is 0.174.